The second-order valence-corrected chi connectivity index (χ2v) is 15.5. The van der Waals surface area contributed by atoms with Gasteiger partial charge < -0.3 is 14.8 Å². The van der Waals surface area contributed by atoms with Crippen LogP contribution in [-0.4, -0.2) is 58.1 Å². The second kappa shape index (κ2) is 12.0. The van der Waals surface area contributed by atoms with Gasteiger partial charge >= 0.3 is 0 Å². The van der Waals surface area contributed by atoms with E-state index < -0.39 is 14.4 Å². The van der Waals surface area contributed by atoms with E-state index in [4.69, 9.17) is 26.3 Å². The lowest BCUT2D eigenvalue weighted by atomic mass is 10.00. The lowest BCUT2D eigenvalue weighted by molar-refractivity contribution is -0.121. The lowest BCUT2D eigenvalue weighted by Crippen LogP contribution is -2.43. The molecule has 44 heavy (non-hydrogen) atoms. The molecule has 0 fully saturated rings. The van der Waals surface area contributed by atoms with Crippen LogP contribution < -0.4 is 15.4 Å². The number of carbonyl (C=O) groups is 1. The van der Waals surface area contributed by atoms with Gasteiger partial charge in [-0.15, -0.1) is 10.2 Å². The Hall–Kier alpha value is -4.38. The van der Waals surface area contributed by atoms with Gasteiger partial charge in [-0.2, -0.15) is 0 Å². The highest BCUT2D eigenvalue weighted by molar-refractivity contribution is 6.82. The van der Waals surface area contributed by atoms with Crippen LogP contribution in [0, 0.1) is 6.92 Å². The van der Waals surface area contributed by atoms with Crippen LogP contribution in [0.4, 0.5) is 0 Å². The van der Waals surface area contributed by atoms with E-state index >= 15 is 0 Å². The number of hydrogen-bond acceptors (Lipinski definition) is 7. The average Bonchev–Trinajstić information content (AvgIpc) is 3.33. The van der Waals surface area contributed by atoms with Crippen LogP contribution in [0.15, 0.2) is 77.8 Å². The zero-order valence-corrected chi connectivity index (χ0v) is 26.8. The maximum atomic E-state index is 13.3. The molecule has 0 unspecified atom stereocenters. The molecule has 0 saturated carbocycles. The number of ether oxygens (including phenoxy) is 1. The first-order valence-electron chi connectivity index (χ1n) is 14.4. The van der Waals surface area contributed by atoms with Crippen molar-refractivity contribution >= 4 is 47.8 Å². The molecule has 0 saturated heterocycles. The molecule has 3 aromatic carbocycles. The molecule has 0 bridgehead atoms. The van der Waals surface area contributed by atoms with Gasteiger partial charge in [-0.05, 0) is 74.5 Å². The van der Waals surface area contributed by atoms with Gasteiger partial charge in [-0.1, -0.05) is 41.9 Å². The maximum absolute atomic E-state index is 13.3. The number of pyridine rings is 1. The van der Waals surface area contributed by atoms with Gasteiger partial charge in [0.25, 0.3) is 0 Å². The normalized spacial score (nSPS) is 14.4. The van der Waals surface area contributed by atoms with E-state index in [1.54, 1.807) is 7.11 Å². The van der Waals surface area contributed by atoms with E-state index in [1.165, 1.54) is 0 Å². The van der Waals surface area contributed by atoms with Gasteiger partial charge in [0.1, 0.15) is 17.6 Å². The zero-order chi connectivity index (χ0) is 31.0. The first-order valence-corrected chi connectivity index (χ1v) is 17.8. The quantitative estimate of drug-likeness (QED) is 0.239. The molecule has 9 nitrogen and oxygen atoms in total. The summed E-state index contributed by atoms with van der Waals surface area (Å²) in [5.41, 5.74) is 5.19. The Morgan fingerprint density at radius 2 is 1.82 bits per heavy atom. The highest BCUT2D eigenvalue weighted by atomic mass is 35.5. The molecule has 11 heteroatoms. The summed E-state index contributed by atoms with van der Waals surface area (Å²) in [5, 5.41) is 14.3. The molecule has 3 heterocycles. The fourth-order valence-electron chi connectivity index (χ4n) is 5.43. The molecule has 0 spiro atoms. The number of rotatable bonds is 8. The molecule has 1 aliphatic heterocycles. The average molecular weight is 625 g/mol. The number of aliphatic imine (C=N–C) groups is 1. The number of aromatic nitrogens is 4. The lowest BCUT2D eigenvalue weighted by Gasteiger charge is -2.14. The summed E-state index contributed by atoms with van der Waals surface area (Å²) in [6, 6.07) is 22.7. The number of carbonyl (C=O) groups excluding carboxylic acids is 1. The number of fused-ring (bicyclic) bond motifs is 4. The van der Waals surface area contributed by atoms with Crippen molar-refractivity contribution < 1.29 is 14.3 Å². The Morgan fingerprint density at radius 1 is 1.05 bits per heavy atom. The van der Waals surface area contributed by atoms with Gasteiger partial charge in [0.15, 0.2) is 5.82 Å². The van der Waals surface area contributed by atoms with E-state index in [0.29, 0.717) is 35.4 Å². The summed E-state index contributed by atoms with van der Waals surface area (Å²) in [7, 11) is -0.886. The van der Waals surface area contributed by atoms with Crippen LogP contribution in [0.2, 0.25) is 18.1 Å². The standard InChI is InChI=1S/C33H33ClN6O3Si/c1-20-38-39-33-28(19-30(41)35-16-15-21-5-6-22-9-14-31(44(3,4)42)36-27(22)17-21)37-32(23-7-10-24(34)11-8-23)26-18-25(43-2)12-13-29(26)40(20)33/h5-14,17-18,28,42H,15-16,19H2,1-4H3,(H,35,41)/t28-/m0/s1. The molecule has 1 amide bonds. The van der Waals surface area contributed by atoms with E-state index in [9.17, 15) is 9.59 Å². The van der Waals surface area contributed by atoms with E-state index in [2.05, 4.69) is 15.5 Å². The van der Waals surface area contributed by atoms with E-state index in [-0.39, 0.29) is 12.3 Å². The zero-order valence-electron chi connectivity index (χ0n) is 25.0. The highest BCUT2D eigenvalue weighted by Gasteiger charge is 2.30. The fourth-order valence-corrected chi connectivity index (χ4v) is 6.44. The maximum Gasteiger partial charge on any atom is 0.233 e. The Kier molecular flexibility index (Phi) is 8.06. The third kappa shape index (κ3) is 6.01. The largest absolute Gasteiger partial charge is 0.497 e. The van der Waals surface area contributed by atoms with Crippen LogP contribution in [0.5, 0.6) is 5.75 Å². The number of benzene rings is 3. The van der Waals surface area contributed by atoms with Crippen LogP contribution in [-0.2, 0) is 11.2 Å². The summed E-state index contributed by atoms with van der Waals surface area (Å²) in [5.74, 6) is 1.85. The Morgan fingerprint density at radius 3 is 2.57 bits per heavy atom. The number of nitrogens with one attached hydrogen (secondary N) is 1. The molecular formula is C33H33ClN6O3Si. The number of nitrogens with zero attached hydrogens (tertiary/aromatic N) is 5. The van der Waals surface area contributed by atoms with Crippen LogP contribution >= 0.6 is 11.6 Å². The minimum absolute atomic E-state index is 0.0964. The summed E-state index contributed by atoms with van der Waals surface area (Å²) in [6.07, 6.45) is 0.733. The van der Waals surface area contributed by atoms with Crippen LogP contribution in [0.25, 0.3) is 16.6 Å². The summed E-state index contributed by atoms with van der Waals surface area (Å²) >= 11 is 6.20. The van der Waals surface area contributed by atoms with Gasteiger partial charge in [0, 0.05) is 28.1 Å². The molecule has 0 radical (unpaired) electrons. The van der Waals surface area contributed by atoms with Crippen molar-refractivity contribution in [3.05, 3.63) is 106 Å². The highest BCUT2D eigenvalue weighted by Crippen LogP contribution is 2.34. The Labute approximate surface area is 261 Å². The molecular weight excluding hydrogens is 592 g/mol. The molecule has 2 aromatic heterocycles. The summed E-state index contributed by atoms with van der Waals surface area (Å²) in [4.78, 5) is 33.7. The first kappa shape index (κ1) is 29.7. The molecule has 2 N–H and O–H groups in total. The number of halogens is 1. The fraction of sp³-hybridized carbons (Fsp3) is 0.242. The minimum Gasteiger partial charge on any atom is -0.497 e. The van der Waals surface area contributed by atoms with Crippen molar-refractivity contribution in [2.45, 2.75) is 38.9 Å². The van der Waals surface area contributed by atoms with Crippen molar-refractivity contribution in [1.29, 1.82) is 0 Å². The number of amides is 1. The summed E-state index contributed by atoms with van der Waals surface area (Å²) < 4.78 is 7.51. The molecule has 1 aliphatic rings. The third-order valence-corrected chi connectivity index (χ3v) is 9.53. The monoisotopic (exact) mass is 624 g/mol. The minimum atomic E-state index is -2.51. The summed E-state index contributed by atoms with van der Waals surface area (Å²) in [6.45, 7) is 6.06. The van der Waals surface area contributed by atoms with Gasteiger partial charge in [-0.3, -0.25) is 19.3 Å². The van der Waals surface area contributed by atoms with Crippen LogP contribution in [0.3, 0.4) is 0 Å². The Balaban J connectivity index is 1.25. The van der Waals surface area contributed by atoms with Crippen molar-refractivity contribution in [3.8, 4) is 11.4 Å². The topological polar surface area (TPSA) is 115 Å². The first-order chi connectivity index (χ1) is 21.1. The number of aryl methyl sites for hydroxylation is 1. The molecule has 224 valence electrons. The van der Waals surface area contributed by atoms with Gasteiger partial charge in [0.2, 0.25) is 14.2 Å². The Bertz CT molecular complexity index is 1900. The van der Waals surface area contributed by atoms with Crippen molar-refractivity contribution in [1.82, 2.24) is 25.1 Å². The number of methoxy groups -OCH3 is 1. The molecule has 5 aromatic rings. The molecule has 1 atom stereocenters. The smallest absolute Gasteiger partial charge is 0.233 e. The SMILES string of the molecule is COc1ccc2c(c1)C(c1ccc(Cl)cc1)=N[C@@H](CC(=O)NCCc1ccc3ccc([Si](C)(C)O)nc3c1)c1nnc(C)n1-2. The van der Waals surface area contributed by atoms with E-state index in [0.717, 1.165) is 44.3 Å². The molecule has 6 rings (SSSR count). The van der Waals surface area contributed by atoms with Crippen molar-refractivity contribution in [2.75, 3.05) is 13.7 Å². The van der Waals surface area contributed by atoms with E-state index in [1.807, 2.05) is 97.4 Å². The van der Waals surface area contributed by atoms with Crippen molar-refractivity contribution in [2.24, 2.45) is 4.99 Å². The van der Waals surface area contributed by atoms with Gasteiger partial charge in [0.05, 0.1) is 35.8 Å². The predicted molar refractivity (Wildman–Crippen MR) is 175 cm³/mol. The van der Waals surface area contributed by atoms with Gasteiger partial charge in [-0.25, -0.2) is 0 Å². The predicted octanol–water partition coefficient (Wildman–Crippen LogP) is 4.83. The van der Waals surface area contributed by atoms with Crippen LogP contribution in [0.1, 0.15) is 40.8 Å². The molecule has 0 aliphatic carbocycles. The second-order valence-electron chi connectivity index (χ2n) is 11.4. The third-order valence-electron chi connectivity index (χ3n) is 7.75. The number of hydrogen-bond donors (Lipinski definition) is 2. The van der Waals surface area contributed by atoms with Crippen molar-refractivity contribution in [3.63, 3.8) is 0 Å².